The van der Waals surface area contributed by atoms with Crippen molar-refractivity contribution in [3.05, 3.63) is 11.9 Å². The quantitative estimate of drug-likeness (QED) is 0.802. The average molecular weight is 279 g/mol. The van der Waals surface area contributed by atoms with E-state index in [2.05, 4.69) is 14.9 Å². The summed E-state index contributed by atoms with van der Waals surface area (Å²) in [4.78, 5) is 21.9. The molecule has 0 aromatic carbocycles. The molecular weight excluding hydrogens is 258 g/mol. The Hall–Kier alpha value is -1.89. The van der Waals surface area contributed by atoms with Crippen molar-refractivity contribution < 1.29 is 9.53 Å². The molecule has 1 amide bonds. The van der Waals surface area contributed by atoms with Crippen LogP contribution in [0.5, 0.6) is 0 Å². The van der Waals surface area contributed by atoms with E-state index in [9.17, 15) is 4.79 Å². The van der Waals surface area contributed by atoms with Gasteiger partial charge in [0.2, 0.25) is 5.91 Å². The van der Waals surface area contributed by atoms with Gasteiger partial charge >= 0.3 is 0 Å². The first kappa shape index (κ1) is 14.5. The summed E-state index contributed by atoms with van der Waals surface area (Å²) < 4.78 is 5.31. The first-order valence-corrected chi connectivity index (χ1v) is 6.85. The topological polar surface area (TPSA) is 107 Å². The maximum absolute atomic E-state index is 11.2. The van der Waals surface area contributed by atoms with Crippen LogP contribution in [0.2, 0.25) is 0 Å². The van der Waals surface area contributed by atoms with Gasteiger partial charge < -0.3 is 21.1 Å². The number of piperidine rings is 1. The standard InChI is InChI=1S/C13H21N5O2/c1-2-20-8-11-16-10(14)7-12(17-11)18-5-3-9(4-6-18)13(15)19/h7,9H,2-6,8H2,1H3,(H2,15,19)(H2,14,16,17). The molecule has 7 heteroatoms. The van der Waals surface area contributed by atoms with Crippen LogP contribution < -0.4 is 16.4 Å². The molecular formula is C13H21N5O2. The number of ether oxygens (including phenoxy) is 1. The normalized spacial score (nSPS) is 16.4. The molecule has 0 saturated carbocycles. The summed E-state index contributed by atoms with van der Waals surface area (Å²) in [5, 5.41) is 0. The highest BCUT2D eigenvalue weighted by Crippen LogP contribution is 2.22. The van der Waals surface area contributed by atoms with Crippen LogP contribution in [0.1, 0.15) is 25.6 Å². The number of primary amides is 1. The fraction of sp³-hybridized carbons (Fsp3) is 0.615. The minimum absolute atomic E-state index is 0.0340. The van der Waals surface area contributed by atoms with E-state index in [4.69, 9.17) is 16.2 Å². The highest BCUT2D eigenvalue weighted by atomic mass is 16.5. The van der Waals surface area contributed by atoms with Crippen molar-refractivity contribution in [3.8, 4) is 0 Å². The number of carbonyl (C=O) groups excluding carboxylic acids is 1. The molecule has 0 bridgehead atoms. The van der Waals surface area contributed by atoms with Crippen molar-refractivity contribution in [2.24, 2.45) is 11.7 Å². The van der Waals surface area contributed by atoms with E-state index in [1.165, 1.54) is 0 Å². The van der Waals surface area contributed by atoms with Crippen molar-refractivity contribution in [2.45, 2.75) is 26.4 Å². The van der Waals surface area contributed by atoms with Gasteiger partial charge in [-0.2, -0.15) is 0 Å². The van der Waals surface area contributed by atoms with Gasteiger partial charge in [-0.25, -0.2) is 9.97 Å². The molecule has 0 radical (unpaired) electrons. The monoisotopic (exact) mass is 279 g/mol. The summed E-state index contributed by atoms with van der Waals surface area (Å²) in [6.07, 6.45) is 1.50. The Kier molecular flexibility index (Phi) is 4.73. The molecule has 7 nitrogen and oxygen atoms in total. The lowest BCUT2D eigenvalue weighted by atomic mass is 9.96. The smallest absolute Gasteiger partial charge is 0.220 e. The van der Waals surface area contributed by atoms with Crippen molar-refractivity contribution in [3.63, 3.8) is 0 Å². The zero-order chi connectivity index (χ0) is 14.5. The van der Waals surface area contributed by atoms with E-state index in [0.29, 0.717) is 24.9 Å². The lowest BCUT2D eigenvalue weighted by molar-refractivity contribution is -0.122. The Morgan fingerprint density at radius 1 is 1.45 bits per heavy atom. The van der Waals surface area contributed by atoms with E-state index in [-0.39, 0.29) is 11.8 Å². The highest BCUT2D eigenvalue weighted by Gasteiger charge is 2.24. The molecule has 1 aromatic rings. The Labute approximate surface area is 118 Å². The molecule has 2 heterocycles. The van der Waals surface area contributed by atoms with Crippen LogP contribution in [0, 0.1) is 5.92 Å². The third-order valence-electron chi connectivity index (χ3n) is 3.44. The minimum atomic E-state index is -0.219. The van der Waals surface area contributed by atoms with E-state index >= 15 is 0 Å². The van der Waals surface area contributed by atoms with E-state index < -0.39 is 0 Å². The number of amides is 1. The second-order valence-electron chi connectivity index (χ2n) is 4.87. The number of rotatable bonds is 5. The van der Waals surface area contributed by atoms with Crippen LogP contribution in [0.4, 0.5) is 11.6 Å². The summed E-state index contributed by atoms with van der Waals surface area (Å²) >= 11 is 0. The van der Waals surface area contributed by atoms with Crippen LogP contribution in [0.15, 0.2) is 6.07 Å². The van der Waals surface area contributed by atoms with Gasteiger partial charge in [-0.1, -0.05) is 0 Å². The van der Waals surface area contributed by atoms with Gasteiger partial charge in [-0.15, -0.1) is 0 Å². The molecule has 1 aliphatic heterocycles. The molecule has 0 atom stereocenters. The number of carbonyl (C=O) groups is 1. The number of anilines is 2. The van der Waals surface area contributed by atoms with E-state index in [0.717, 1.165) is 31.7 Å². The molecule has 4 N–H and O–H groups in total. The number of aromatic nitrogens is 2. The van der Waals surface area contributed by atoms with Gasteiger partial charge in [0.15, 0.2) is 5.82 Å². The second-order valence-corrected chi connectivity index (χ2v) is 4.87. The first-order valence-electron chi connectivity index (χ1n) is 6.85. The molecule has 20 heavy (non-hydrogen) atoms. The van der Waals surface area contributed by atoms with Gasteiger partial charge in [0, 0.05) is 31.7 Å². The van der Waals surface area contributed by atoms with E-state index in [1.807, 2.05) is 6.92 Å². The molecule has 1 aliphatic rings. The SMILES string of the molecule is CCOCc1nc(N)cc(N2CCC(C(N)=O)CC2)n1. The van der Waals surface area contributed by atoms with Crippen LogP contribution >= 0.6 is 0 Å². The Morgan fingerprint density at radius 2 is 2.15 bits per heavy atom. The largest absolute Gasteiger partial charge is 0.384 e. The van der Waals surface area contributed by atoms with E-state index in [1.54, 1.807) is 6.07 Å². The van der Waals surface area contributed by atoms with Crippen molar-refractivity contribution in [1.29, 1.82) is 0 Å². The summed E-state index contributed by atoms with van der Waals surface area (Å²) in [5.74, 6) is 1.55. The highest BCUT2D eigenvalue weighted by molar-refractivity contribution is 5.77. The Morgan fingerprint density at radius 3 is 2.75 bits per heavy atom. The van der Waals surface area contributed by atoms with Crippen molar-refractivity contribution >= 4 is 17.5 Å². The van der Waals surface area contributed by atoms with Gasteiger partial charge in [-0.05, 0) is 19.8 Å². The molecule has 0 unspecified atom stereocenters. The molecule has 0 spiro atoms. The molecule has 110 valence electrons. The van der Waals surface area contributed by atoms with Crippen molar-refractivity contribution in [2.75, 3.05) is 30.3 Å². The summed E-state index contributed by atoms with van der Waals surface area (Å²) in [7, 11) is 0. The zero-order valence-corrected chi connectivity index (χ0v) is 11.7. The van der Waals surface area contributed by atoms with Crippen LogP contribution in [-0.4, -0.2) is 35.6 Å². The summed E-state index contributed by atoms with van der Waals surface area (Å²) in [6.45, 7) is 4.38. The lowest BCUT2D eigenvalue weighted by Crippen LogP contribution is -2.39. The fourth-order valence-electron chi connectivity index (χ4n) is 2.32. The maximum atomic E-state index is 11.2. The van der Waals surface area contributed by atoms with Crippen LogP contribution in [0.25, 0.3) is 0 Å². The number of hydrogen-bond acceptors (Lipinski definition) is 6. The Balaban J connectivity index is 2.05. The minimum Gasteiger partial charge on any atom is -0.384 e. The predicted octanol–water partition coefficient (Wildman–Crippen LogP) is 0.297. The predicted molar refractivity (Wildman–Crippen MR) is 75.9 cm³/mol. The zero-order valence-electron chi connectivity index (χ0n) is 11.7. The number of nitrogen functional groups attached to an aromatic ring is 1. The lowest BCUT2D eigenvalue weighted by Gasteiger charge is -2.31. The average Bonchev–Trinajstić information content (AvgIpc) is 2.44. The van der Waals surface area contributed by atoms with Gasteiger partial charge in [-0.3, -0.25) is 4.79 Å². The van der Waals surface area contributed by atoms with Crippen LogP contribution in [0.3, 0.4) is 0 Å². The third-order valence-corrected chi connectivity index (χ3v) is 3.44. The fourth-order valence-corrected chi connectivity index (χ4v) is 2.32. The van der Waals surface area contributed by atoms with Gasteiger partial charge in [0.25, 0.3) is 0 Å². The summed E-state index contributed by atoms with van der Waals surface area (Å²) in [5.41, 5.74) is 11.1. The Bertz CT molecular complexity index is 472. The van der Waals surface area contributed by atoms with Gasteiger partial charge in [0.1, 0.15) is 18.2 Å². The second kappa shape index (κ2) is 6.51. The molecule has 2 rings (SSSR count). The number of nitrogens with two attached hydrogens (primary N) is 2. The van der Waals surface area contributed by atoms with Crippen molar-refractivity contribution in [1.82, 2.24) is 9.97 Å². The number of nitrogens with zero attached hydrogens (tertiary/aromatic N) is 3. The van der Waals surface area contributed by atoms with Crippen LogP contribution in [-0.2, 0) is 16.1 Å². The third kappa shape index (κ3) is 3.57. The molecule has 1 fully saturated rings. The summed E-state index contributed by atoms with van der Waals surface area (Å²) in [6, 6.07) is 1.75. The molecule has 1 saturated heterocycles. The molecule has 1 aromatic heterocycles. The maximum Gasteiger partial charge on any atom is 0.220 e. The molecule has 0 aliphatic carbocycles. The van der Waals surface area contributed by atoms with Gasteiger partial charge in [0.05, 0.1) is 0 Å². The first-order chi connectivity index (χ1) is 9.60. The number of hydrogen-bond donors (Lipinski definition) is 2.